The van der Waals surface area contributed by atoms with Gasteiger partial charge in [0.1, 0.15) is 0 Å². The monoisotopic (exact) mass is 313 g/mol. The maximum atomic E-state index is 12.8. The number of nitro groups is 1. The molecule has 1 aromatic carbocycles. The Hall–Kier alpha value is -1.51. The van der Waals surface area contributed by atoms with E-state index in [9.17, 15) is 18.5 Å². The third-order valence-electron chi connectivity index (χ3n) is 3.53. The normalized spacial score (nSPS) is 19.0. The van der Waals surface area contributed by atoms with E-state index in [1.54, 1.807) is 0 Å². The van der Waals surface area contributed by atoms with Crippen LogP contribution in [0.3, 0.4) is 0 Å². The van der Waals surface area contributed by atoms with Crippen LogP contribution in [-0.2, 0) is 10.0 Å². The van der Waals surface area contributed by atoms with Crippen LogP contribution in [0.5, 0.6) is 0 Å². The summed E-state index contributed by atoms with van der Waals surface area (Å²) in [7, 11) is -3.87. The van der Waals surface area contributed by atoms with Gasteiger partial charge in [0.05, 0.1) is 4.92 Å². The predicted octanol–water partition coefficient (Wildman–Crippen LogP) is 1.36. The van der Waals surface area contributed by atoms with Crippen molar-refractivity contribution in [2.75, 3.05) is 19.6 Å². The lowest BCUT2D eigenvalue weighted by Gasteiger charge is -2.27. The minimum absolute atomic E-state index is 0.144. The van der Waals surface area contributed by atoms with Crippen molar-refractivity contribution >= 4 is 15.7 Å². The molecule has 7 nitrogen and oxygen atoms in total. The molecule has 1 fully saturated rings. The van der Waals surface area contributed by atoms with Gasteiger partial charge >= 0.3 is 0 Å². The van der Waals surface area contributed by atoms with Gasteiger partial charge < -0.3 is 5.32 Å². The second kappa shape index (κ2) is 6.50. The molecule has 1 N–H and O–H groups in total. The van der Waals surface area contributed by atoms with Gasteiger partial charge in [0.15, 0.2) is 4.90 Å². The number of hydrogen-bond donors (Lipinski definition) is 1. The van der Waals surface area contributed by atoms with Crippen LogP contribution in [0.2, 0.25) is 0 Å². The molecule has 0 spiro atoms. The molecule has 1 aliphatic heterocycles. The van der Waals surface area contributed by atoms with E-state index in [4.69, 9.17) is 0 Å². The largest absolute Gasteiger partial charge is 0.315 e. The zero-order chi connectivity index (χ0) is 15.5. The smallest absolute Gasteiger partial charge is 0.289 e. The molecule has 1 aromatic rings. The van der Waals surface area contributed by atoms with Gasteiger partial charge in [-0.1, -0.05) is 19.1 Å². The van der Waals surface area contributed by atoms with Crippen LogP contribution in [0, 0.1) is 10.1 Å². The molecule has 0 bridgehead atoms. The number of hydrogen-bond acceptors (Lipinski definition) is 5. The van der Waals surface area contributed by atoms with E-state index in [1.165, 1.54) is 28.6 Å². The average molecular weight is 313 g/mol. The molecule has 1 aliphatic rings. The van der Waals surface area contributed by atoms with E-state index < -0.39 is 14.9 Å². The highest BCUT2D eigenvalue weighted by atomic mass is 32.2. The second-order valence-corrected chi connectivity index (χ2v) is 6.85. The minimum atomic E-state index is -3.87. The topological polar surface area (TPSA) is 92.6 Å². The first kappa shape index (κ1) is 15.9. The van der Waals surface area contributed by atoms with Crippen LogP contribution in [0.1, 0.15) is 19.8 Å². The van der Waals surface area contributed by atoms with Crippen LogP contribution in [0.25, 0.3) is 0 Å². The lowest BCUT2D eigenvalue weighted by atomic mass is 10.2. The fraction of sp³-hybridized carbons (Fsp3) is 0.538. The van der Waals surface area contributed by atoms with Gasteiger partial charge in [0.2, 0.25) is 10.0 Å². The second-order valence-electron chi connectivity index (χ2n) is 4.99. The Kier molecular flexibility index (Phi) is 4.92. The first-order valence-electron chi connectivity index (χ1n) is 6.94. The van der Waals surface area contributed by atoms with Crippen LogP contribution in [-0.4, -0.2) is 43.3 Å². The zero-order valence-corrected chi connectivity index (χ0v) is 12.7. The van der Waals surface area contributed by atoms with Gasteiger partial charge in [0, 0.05) is 25.2 Å². The van der Waals surface area contributed by atoms with Crippen LogP contribution >= 0.6 is 0 Å². The third-order valence-corrected chi connectivity index (χ3v) is 5.53. The molecular formula is C13H19N3O4S. The highest BCUT2D eigenvalue weighted by molar-refractivity contribution is 7.89. The number of rotatable bonds is 6. The van der Waals surface area contributed by atoms with Crippen molar-refractivity contribution in [3.05, 3.63) is 34.4 Å². The molecule has 1 unspecified atom stereocenters. The van der Waals surface area contributed by atoms with Crippen LogP contribution < -0.4 is 5.32 Å². The number of para-hydroxylation sites is 1. The summed E-state index contributed by atoms with van der Waals surface area (Å²) >= 11 is 0. The summed E-state index contributed by atoms with van der Waals surface area (Å²) in [5.74, 6) is 0. The van der Waals surface area contributed by atoms with E-state index in [0.29, 0.717) is 19.5 Å². The molecule has 116 valence electrons. The van der Waals surface area contributed by atoms with E-state index in [1.807, 2.05) is 6.92 Å². The molecule has 0 aromatic heterocycles. The van der Waals surface area contributed by atoms with Gasteiger partial charge in [-0.15, -0.1) is 0 Å². The van der Waals surface area contributed by atoms with Crippen molar-refractivity contribution in [3.8, 4) is 0 Å². The van der Waals surface area contributed by atoms with Gasteiger partial charge in [0.25, 0.3) is 5.69 Å². The average Bonchev–Trinajstić information content (AvgIpc) is 2.98. The molecule has 2 rings (SSSR count). The maximum Gasteiger partial charge on any atom is 0.289 e. The zero-order valence-electron chi connectivity index (χ0n) is 11.9. The quantitative estimate of drug-likeness (QED) is 0.632. The van der Waals surface area contributed by atoms with Gasteiger partial charge in [-0.05, 0) is 25.5 Å². The molecule has 0 amide bonds. The van der Waals surface area contributed by atoms with Gasteiger partial charge in [-0.2, -0.15) is 4.31 Å². The van der Waals surface area contributed by atoms with Crippen molar-refractivity contribution in [1.29, 1.82) is 0 Å². The molecule has 21 heavy (non-hydrogen) atoms. The van der Waals surface area contributed by atoms with E-state index in [-0.39, 0.29) is 16.6 Å². The summed E-state index contributed by atoms with van der Waals surface area (Å²) < 4.78 is 27.1. The molecule has 0 saturated carbocycles. The van der Waals surface area contributed by atoms with Gasteiger partial charge in [-0.25, -0.2) is 8.42 Å². The summed E-state index contributed by atoms with van der Waals surface area (Å²) in [4.78, 5) is 10.2. The van der Waals surface area contributed by atoms with E-state index in [2.05, 4.69) is 5.32 Å². The number of nitrogens with one attached hydrogen (secondary N) is 1. The lowest BCUT2D eigenvalue weighted by Crippen LogP contribution is -2.42. The summed E-state index contributed by atoms with van der Waals surface area (Å²) in [6, 6.07) is 5.37. The van der Waals surface area contributed by atoms with Crippen molar-refractivity contribution in [3.63, 3.8) is 0 Å². The molecule has 0 radical (unpaired) electrons. The Bertz CT molecular complexity index is 612. The maximum absolute atomic E-state index is 12.8. The first-order chi connectivity index (χ1) is 9.98. The van der Waals surface area contributed by atoms with Crippen molar-refractivity contribution < 1.29 is 13.3 Å². The number of benzene rings is 1. The third kappa shape index (κ3) is 3.22. The van der Waals surface area contributed by atoms with Crippen molar-refractivity contribution in [2.24, 2.45) is 0 Å². The number of nitrogens with zero attached hydrogens (tertiary/aromatic N) is 2. The van der Waals surface area contributed by atoms with Crippen LogP contribution in [0.15, 0.2) is 29.2 Å². The Morgan fingerprint density at radius 3 is 2.71 bits per heavy atom. The Labute approximate surface area is 124 Å². The molecule has 1 atom stereocenters. The summed E-state index contributed by atoms with van der Waals surface area (Å²) in [5.41, 5.74) is -0.371. The van der Waals surface area contributed by atoms with Crippen molar-refractivity contribution in [1.82, 2.24) is 9.62 Å². The first-order valence-corrected chi connectivity index (χ1v) is 8.38. The fourth-order valence-corrected chi connectivity index (χ4v) is 4.46. The highest BCUT2D eigenvalue weighted by Crippen LogP contribution is 2.28. The summed E-state index contributed by atoms with van der Waals surface area (Å²) in [5, 5.41) is 14.2. The summed E-state index contributed by atoms with van der Waals surface area (Å²) in [6.45, 7) is 3.60. The van der Waals surface area contributed by atoms with Crippen LogP contribution in [0.4, 0.5) is 5.69 Å². The Balaban J connectivity index is 2.45. The summed E-state index contributed by atoms with van der Waals surface area (Å²) in [6.07, 6.45) is 1.39. The molecule has 0 aliphatic carbocycles. The number of sulfonamides is 1. The SMILES string of the molecule is CCCN(C1CCNC1)S(=O)(=O)c1ccccc1[N+](=O)[O-]. The van der Waals surface area contributed by atoms with Crippen molar-refractivity contribution in [2.45, 2.75) is 30.7 Å². The standard InChI is InChI=1S/C13H19N3O4S/c1-2-9-15(11-7-8-14-10-11)21(19,20)13-6-4-3-5-12(13)16(17)18/h3-6,11,14H,2,7-10H2,1H3. The molecule has 1 saturated heterocycles. The molecular weight excluding hydrogens is 294 g/mol. The highest BCUT2D eigenvalue weighted by Gasteiger charge is 2.36. The molecule has 8 heteroatoms. The fourth-order valence-electron chi connectivity index (χ4n) is 2.56. The lowest BCUT2D eigenvalue weighted by molar-refractivity contribution is -0.387. The Morgan fingerprint density at radius 1 is 1.43 bits per heavy atom. The predicted molar refractivity (Wildman–Crippen MR) is 78.6 cm³/mol. The van der Waals surface area contributed by atoms with E-state index >= 15 is 0 Å². The molecule has 1 heterocycles. The van der Waals surface area contributed by atoms with Gasteiger partial charge in [-0.3, -0.25) is 10.1 Å². The number of nitro benzene ring substituents is 1. The Morgan fingerprint density at radius 2 is 2.14 bits per heavy atom. The minimum Gasteiger partial charge on any atom is -0.315 e. The van der Waals surface area contributed by atoms with E-state index in [0.717, 1.165) is 13.0 Å².